The molecular formula is C16H15NO4. The first-order valence-electron chi connectivity index (χ1n) is 6.36. The van der Waals surface area contributed by atoms with Crippen LogP contribution < -0.4 is 9.47 Å². The highest BCUT2D eigenvalue weighted by Crippen LogP contribution is 2.38. The van der Waals surface area contributed by atoms with E-state index in [0.29, 0.717) is 11.5 Å². The smallest absolute Gasteiger partial charge is 0.348 e. The average Bonchev–Trinajstić information content (AvgIpc) is 2.51. The third-order valence-electron chi connectivity index (χ3n) is 3.15. The maximum atomic E-state index is 11.5. The number of nitriles is 1. The highest BCUT2D eigenvalue weighted by molar-refractivity contribution is 5.93. The lowest BCUT2D eigenvalue weighted by atomic mass is 10.00. The Morgan fingerprint density at radius 2 is 2.19 bits per heavy atom. The Morgan fingerprint density at radius 3 is 2.81 bits per heavy atom. The average molecular weight is 285 g/mol. The number of benzene rings is 1. The zero-order chi connectivity index (χ0) is 15.4. The summed E-state index contributed by atoms with van der Waals surface area (Å²) in [5.41, 5.74) is 1.49. The van der Waals surface area contributed by atoms with Gasteiger partial charge in [0.25, 0.3) is 0 Å². The van der Waals surface area contributed by atoms with Crippen molar-refractivity contribution in [2.24, 2.45) is 0 Å². The third kappa shape index (κ3) is 2.90. The summed E-state index contributed by atoms with van der Waals surface area (Å²) in [6, 6.07) is 7.37. The van der Waals surface area contributed by atoms with E-state index in [0.717, 1.165) is 11.1 Å². The van der Waals surface area contributed by atoms with E-state index in [-0.39, 0.29) is 11.7 Å². The quantitative estimate of drug-likeness (QED) is 0.485. The minimum atomic E-state index is -0.665. The molecule has 5 nitrogen and oxygen atoms in total. The number of carbonyl (C=O) groups excluding carboxylic acids is 1. The molecule has 0 amide bonds. The first-order valence-corrected chi connectivity index (χ1v) is 6.36. The molecule has 0 bridgehead atoms. The van der Waals surface area contributed by atoms with Crippen LogP contribution in [0.1, 0.15) is 12.5 Å². The fourth-order valence-corrected chi connectivity index (χ4v) is 2.05. The second-order valence-corrected chi connectivity index (χ2v) is 4.44. The number of ether oxygens (including phenoxy) is 3. The van der Waals surface area contributed by atoms with E-state index in [1.54, 1.807) is 7.11 Å². The number of nitrogens with zero attached hydrogens (tertiary/aromatic N) is 1. The van der Waals surface area contributed by atoms with Crippen LogP contribution in [0.25, 0.3) is 6.08 Å². The Labute approximate surface area is 123 Å². The molecule has 2 rings (SSSR count). The monoisotopic (exact) mass is 285 g/mol. The van der Waals surface area contributed by atoms with Gasteiger partial charge in [-0.25, -0.2) is 4.79 Å². The fraction of sp³-hybridized carbons (Fsp3) is 0.250. The molecule has 0 aliphatic carbocycles. The van der Waals surface area contributed by atoms with Gasteiger partial charge in [0.15, 0.2) is 11.5 Å². The fourth-order valence-electron chi connectivity index (χ4n) is 2.05. The lowest BCUT2D eigenvalue weighted by Crippen LogP contribution is -2.19. The molecule has 1 aliphatic heterocycles. The molecule has 108 valence electrons. The van der Waals surface area contributed by atoms with E-state index in [1.165, 1.54) is 13.2 Å². The first-order chi connectivity index (χ1) is 10.1. The molecule has 5 heteroatoms. The second-order valence-electron chi connectivity index (χ2n) is 4.44. The highest BCUT2D eigenvalue weighted by atomic mass is 16.5. The number of hydrogen-bond donors (Lipinski definition) is 0. The van der Waals surface area contributed by atoms with Crippen molar-refractivity contribution >= 4 is 12.0 Å². The second kappa shape index (κ2) is 6.14. The molecule has 0 radical (unpaired) electrons. The van der Waals surface area contributed by atoms with Crippen LogP contribution in [0.4, 0.5) is 0 Å². The van der Waals surface area contributed by atoms with Gasteiger partial charge < -0.3 is 14.2 Å². The van der Waals surface area contributed by atoms with Crippen LogP contribution in [-0.2, 0) is 9.53 Å². The Balaban J connectivity index is 2.46. The van der Waals surface area contributed by atoms with Gasteiger partial charge in [-0.3, -0.25) is 0 Å². The van der Waals surface area contributed by atoms with Crippen LogP contribution in [0.15, 0.2) is 35.4 Å². The predicted molar refractivity (Wildman–Crippen MR) is 76.8 cm³/mol. The molecule has 0 saturated heterocycles. The van der Waals surface area contributed by atoms with E-state index in [2.05, 4.69) is 4.74 Å². The van der Waals surface area contributed by atoms with E-state index in [1.807, 2.05) is 37.3 Å². The summed E-state index contributed by atoms with van der Waals surface area (Å²) < 4.78 is 15.7. The van der Waals surface area contributed by atoms with Crippen LogP contribution in [-0.4, -0.2) is 26.3 Å². The van der Waals surface area contributed by atoms with E-state index >= 15 is 0 Å². The minimum Gasteiger partial charge on any atom is -0.493 e. The van der Waals surface area contributed by atoms with Gasteiger partial charge in [0.1, 0.15) is 17.7 Å². The summed E-state index contributed by atoms with van der Waals surface area (Å²) in [5, 5.41) is 9.01. The van der Waals surface area contributed by atoms with E-state index in [4.69, 9.17) is 14.7 Å². The maximum Gasteiger partial charge on any atom is 0.348 e. The molecule has 1 atom stereocenters. The summed E-state index contributed by atoms with van der Waals surface area (Å²) in [7, 11) is 2.82. The van der Waals surface area contributed by atoms with Crippen molar-refractivity contribution in [1.82, 2.24) is 0 Å². The molecule has 1 aromatic carbocycles. The molecule has 1 aromatic rings. The van der Waals surface area contributed by atoms with Crippen LogP contribution in [0, 0.1) is 11.3 Å². The van der Waals surface area contributed by atoms with Crippen molar-refractivity contribution in [1.29, 1.82) is 5.26 Å². The zero-order valence-corrected chi connectivity index (χ0v) is 12.0. The molecule has 0 aromatic heterocycles. The number of methoxy groups -OCH3 is 2. The van der Waals surface area contributed by atoms with Crippen molar-refractivity contribution < 1.29 is 19.0 Å². The topological polar surface area (TPSA) is 68.6 Å². The van der Waals surface area contributed by atoms with Crippen molar-refractivity contribution in [3.63, 3.8) is 0 Å². The Kier molecular flexibility index (Phi) is 4.29. The summed E-state index contributed by atoms with van der Waals surface area (Å²) in [6.45, 7) is 1.84. The van der Waals surface area contributed by atoms with Crippen molar-refractivity contribution in [3.05, 3.63) is 41.0 Å². The molecule has 21 heavy (non-hydrogen) atoms. The number of rotatable bonds is 3. The third-order valence-corrected chi connectivity index (χ3v) is 3.15. The number of carbonyl (C=O) groups is 1. The lowest BCUT2D eigenvalue weighted by Gasteiger charge is -2.24. The summed E-state index contributed by atoms with van der Waals surface area (Å²) in [5.74, 6) is 0.635. The van der Waals surface area contributed by atoms with Gasteiger partial charge in [-0.05, 0) is 30.7 Å². The molecule has 0 fully saturated rings. The summed E-state index contributed by atoms with van der Waals surface area (Å²) in [4.78, 5) is 11.5. The van der Waals surface area contributed by atoms with Gasteiger partial charge >= 0.3 is 5.97 Å². The maximum absolute atomic E-state index is 11.5. The normalized spacial score (nSPS) is 17.0. The van der Waals surface area contributed by atoms with Gasteiger partial charge in [0.2, 0.25) is 0 Å². The first kappa shape index (κ1) is 14.7. The summed E-state index contributed by atoms with van der Waals surface area (Å²) >= 11 is 0. The molecule has 0 spiro atoms. The molecule has 1 aliphatic rings. The van der Waals surface area contributed by atoms with Crippen molar-refractivity contribution in [2.75, 3.05) is 14.2 Å². The van der Waals surface area contributed by atoms with Gasteiger partial charge in [-0.2, -0.15) is 5.26 Å². The van der Waals surface area contributed by atoms with Gasteiger partial charge in [0.05, 0.1) is 14.2 Å². The molecule has 0 saturated carbocycles. The molecule has 1 heterocycles. The number of esters is 1. The molecule has 1 unspecified atom stereocenters. The minimum absolute atomic E-state index is 0.0643. The Morgan fingerprint density at radius 1 is 1.43 bits per heavy atom. The summed E-state index contributed by atoms with van der Waals surface area (Å²) in [6.07, 6.45) is 3.05. The van der Waals surface area contributed by atoms with Crippen molar-refractivity contribution in [2.45, 2.75) is 13.0 Å². The highest BCUT2D eigenvalue weighted by Gasteiger charge is 2.22. The van der Waals surface area contributed by atoms with E-state index in [9.17, 15) is 4.79 Å². The zero-order valence-electron chi connectivity index (χ0n) is 12.0. The van der Waals surface area contributed by atoms with Crippen LogP contribution in [0.3, 0.4) is 0 Å². The van der Waals surface area contributed by atoms with Crippen LogP contribution >= 0.6 is 0 Å². The number of para-hydroxylation sites is 1. The van der Waals surface area contributed by atoms with Crippen LogP contribution in [0.2, 0.25) is 0 Å². The molecular weight excluding hydrogens is 270 g/mol. The van der Waals surface area contributed by atoms with Crippen molar-refractivity contribution in [3.8, 4) is 17.6 Å². The SMILES string of the molecule is COC(=O)/C(C#N)=C\C1=Cc2cccc(OC)c2OC1C. The predicted octanol–water partition coefficient (Wildman–Crippen LogP) is 2.48. The largest absolute Gasteiger partial charge is 0.493 e. The Hall–Kier alpha value is -2.74. The van der Waals surface area contributed by atoms with Gasteiger partial charge in [0, 0.05) is 5.56 Å². The number of hydrogen-bond acceptors (Lipinski definition) is 5. The Bertz CT molecular complexity index is 667. The molecule has 0 N–H and O–H groups in total. The number of fused-ring (bicyclic) bond motifs is 1. The van der Waals surface area contributed by atoms with Crippen LogP contribution in [0.5, 0.6) is 11.5 Å². The lowest BCUT2D eigenvalue weighted by molar-refractivity contribution is -0.135. The van der Waals surface area contributed by atoms with Gasteiger partial charge in [-0.1, -0.05) is 12.1 Å². The van der Waals surface area contributed by atoms with Gasteiger partial charge in [-0.15, -0.1) is 0 Å². The standard InChI is InChI=1S/C16H15NO4/c1-10-12(8-13(9-17)16(18)20-3)7-11-5-4-6-14(19-2)15(11)21-10/h4-8,10H,1-3H3/b13-8-. The van der Waals surface area contributed by atoms with E-state index < -0.39 is 5.97 Å².